The van der Waals surface area contributed by atoms with Gasteiger partial charge in [-0.05, 0) is 50.3 Å². The van der Waals surface area contributed by atoms with Gasteiger partial charge >= 0.3 is 5.97 Å². The Bertz CT molecular complexity index is 607. The minimum atomic E-state index is -0.752. The van der Waals surface area contributed by atoms with Crippen molar-refractivity contribution in [2.24, 2.45) is 11.8 Å². The molecule has 1 amide bonds. The predicted octanol–water partition coefficient (Wildman–Crippen LogP) is 2.48. The highest BCUT2D eigenvalue weighted by Crippen LogP contribution is 2.34. The van der Waals surface area contributed by atoms with Crippen LogP contribution in [0.1, 0.15) is 44.2 Å². The number of carboxylic acids is 1. The molecule has 1 aliphatic heterocycles. The number of carbonyl (C=O) groups is 2. The van der Waals surface area contributed by atoms with E-state index in [1.54, 1.807) is 0 Å². The van der Waals surface area contributed by atoms with Crippen LogP contribution < -0.4 is 14.8 Å². The van der Waals surface area contributed by atoms with Gasteiger partial charge in [0.05, 0.1) is 12.0 Å². The molecule has 1 unspecified atom stereocenters. The van der Waals surface area contributed by atoms with E-state index >= 15 is 0 Å². The van der Waals surface area contributed by atoms with Gasteiger partial charge in [-0.15, -0.1) is 0 Å². The monoisotopic (exact) mass is 319 g/mol. The van der Waals surface area contributed by atoms with Gasteiger partial charge in [-0.2, -0.15) is 0 Å². The standard InChI is InChI=1S/C17H21NO5/c1-10(13-6-7-14-15(8-13)23-9-22-14)18-16(19)11-2-4-12(5-3-11)17(20)21/h6-8,10-12H,2-5,9H2,1H3,(H,18,19)(H,20,21). The van der Waals surface area contributed by atoms with E-state index in [1.807, 2.05) is 25.1 Å². The van der Waals surface area contributed by atoms with E-state index in [0.29, 0.717) is 31.4 Å². The van der Waals surface area contributed by atoms with Crippen molar-refractivity contribution in [3.63, 3.8) is 0 Å². The van der Waals surface area contributed by atoms with Crippen molar-refractivity contribution in [1.82, 2.24) is 5.32 Å². The Morgan fingerprint density at radius 1 is 1.13 bits per heavy atom. The molecule has 23 heavy (non-hydrogen) atoms. The smallest absolute Gasteiger partial charge is 0.306 e. The van der Waals surface area contributed by atoms with Crippen LogP contribution in [-0.4, -0.2) is 23.8 Å². The molecule has 1 aliphatic carbocycles. The Morgan fingerprint density at radius 2 is 1.78 bits per heavy atom. The van der Waals surface area contributed by atoms with E-state index in [-0.39, 0.29) is 30.6 Å². The lowest BCUT2D eigenvalue weighted by molar-refractivity contribution is -0.144. The highest BCUT2D eigenvalue weighted by atomic mass is 16.7. The van der Waals surface area contributed by atoms with Gasteiger partial charge in [0.1, 0.15) is 0 Å². The van der Waals surface area contributed by atoms with Crippen molar-refractivity contribution in [3.05, 3.63) is 23.8 Å². The number of ether oxygens (including phenoxy) is 2. The third-order valence-electron chi connectivity index (χ3n) is 4.70. The maximum absolute atomic E-state index is 12.4. The van der Waals surface area contributed by atoms with Crippen LogP contribution in [0, 0.1) is 11.8 Å². The first kappa shape index (κ1) is 15.6. The van der Waals surface area contributed by atoms with E-state index < -0.39 is 5.97 Å². The van der Waals surface area contributed by atoms with E-state index in [4.69, 9.17) is 14.6 Å². The van der Waals surface area contributed by atoms with Crippen molar-refractivity contribution in [1.29, 1.82) is 0 Å². The quantitative estimate of drug-likeness (QED) is 0.890. The number of hydrogen-bond donors (Lipinski definition) is 2. The highest BCUT2D eigenvalue weighted by molar-refractivity contribution is 5.79. The molecule has 1 heterocycles. The number of carbonyl (C=O) groups excluding carboxylic acids is 1. The van der Waals surface area contributed by atoms with Crippen molar-refractivity contribution >= 4 is 11.9 Å². The Kier molecular flexibility index (Phi) is 4.41. The molecule has 3 rings (SSSR count). The summed E-state index contributed by atoms with van der Waals surface area (Å²) in [6.45, 7) is 2.16. The summed E-state index contributed by atoms with van der Waals surface area (Å²) < 4.78 is 10.6. The second kappa shape index (κ2) is 6.48. The molecule has 6 nitrogen and oxygen atoms in total. The molecular weight excluding hydrogens is 298 g/mol. The first-order valence-corrected chi connectivity index (χ1v) is 7.97. The zero-order valence-electron chi connectivity index (χ0n) is 13.1. The summed E-state index contributed by atoms with van der Waals surface area (Å²) in [4.78, 5) is 23.3. The van der Waals surface area contributed by atoms with Crippen LogP contribution in [0.5, 0.6) is 11.5 Å². The highest BCUT2D eigenvalue weighted by Gasteiger charge is 2.30. The van der Waals surface area contributed by atoms with Crippen LogP contribution in [0.3, 0.4) is 0 Å². The van der Waals surface area contributed by atoms with Gasteiger partial charge in [0.15, 0.2) is 11.5 Å². The fourth-order valence-electron chi connectivity index (χ4n) is 3.20. The molecule has 124 valence electrons. The molecule has 1 aromatic carbocycles. The van der Waals surface area contributed by atoms with Gasteiger partial charge in [0.2, 0.25) is 12.7 Å². The van der Waals surface area contributed by atoms with E-state index in [2.05, 4.69) is 5.32 Å². The minimum Gasteiger partial charge on any atom is -0.481 e. The number of aliphatic carboxylic acids is 1. The van der Waals surface area contributed by atoms with Gasteiger partial charge < -0.3 is 19.9 Å². The molecule has 1 saturated carbocycles. The number of rotatable bonds is 4. The SMILES string of the molecule is CC(NC(=O)C1CCC(C(=O)O)CC1)c1ccc2c(c1)OCO2. The van der Waals surface area contributed by atoms with Gasteiger partial charge in [-0.25, -0.2) is 0 Å². The maximum atomic E-state index is 12.4. The fraction of sp³-hybridized carbons (Fsp3) is 0.529. The third kappa shape index (κ3) is 3.41. The largest absolute Gasteiger partial charge is 0.481 e. The molecule has 1 aromatic rings. The Labute approximate surface area is 134 Å². The van der Waals surface area contributed by atoms with Crippen molar-refractivity contribution in [2.45, 2.75) is 38.6 Å². The number of fused-ring (bicyclic) bond motifs is 1. The molecule has 0 radical (unpaired) electrons. The fourth-order valence-corrected chi connectivity index (χ4v) is 3.20. The molecule has 0 aromatic heterocycles. The maximum Gasteiger partial charge on any atom is 0.306 e. The lowest BCUT2D eigenvalue weighted by atomic mass is 9.81. The van der Waals surface area contributed by atoms with Crippen LogP contribution in [0.2, 0.25) is 0 Å². The summed E-state index contributed by atoms with van der Waals surface area (Å²) >= 11 is 0. The Balaban J connectivity index is 1.56. The van der Waals surface area contributed by atoms with Gasteiger partial charge in [-0.3, -0.25) is 9.59 Å². The zero-order chi connectivity index (χ0) is 16.4. The lowest BCUT2D eigenvalue weighted by Gasteiger charge is -2.26. The van der Waals surface area contributed by atoms with Crippen molar-refractivity contribution < 1.29 is 24.2 Å². The van der Waals surface area contributed by atoms with E-state index in [9.17, 15) is 9.59 Å². The predicted molar refractivity (Wildman–Crippen MR) is 82.2 cm³/mol. The first-order valence-electron chi connectivity index (χ1n) is 7.97. The Hall–Kier alpha value is -2.24. The van der Waals surface area contributed by atoms with Gasteiger partial charge in [0, 0.05) is 5.92 Å². The van der Waals surface area contributed by atoms with Crippen LogP contribution >= 0.6 is 0 Å². The van der Waals surface area contributed by atoms with Gasteiger partial charge in [-0.1, -0.05) is 6.07 Å². The summed E-state index contributed by atoms with van der Waals surface area (Å²) in [6, 6.07) is 5.52. The normalized spacial score (nSPS) is 24.0. The van der Waals surface area contributed by atoms with Crippen LogP contribution in [0.15, 0.2) is 18.2 Å². The summed E-state index contributed by atoms with van der Waals surface area (Å²) in [6.07, 6.45) is 2.42. The summed E-state index contributed by atoms with van der Waals surface area (Å²) in [5.74, 6) is 0.272. The number of carboxylic acid groups (broad SMARTS) is 1. The number of benzene rings is 1. The second-order valence-corrected chi connectivity index (χ2v) is 6.23. The number of amides is 1. The van der Waals surface area contributed by atoms with E-state index in [1.165, 1.54) is 0 Å². The first-order chi connectivity index (χ1) is 11.0. The molecule has 1 fully saturated rings. The Morgan fingerprint density at radius 3 is 2.48 bits per heavy atom. The molecule has 0 spiro atoms. The van der Waals surface area contributed by atoms with E-state index in [0.717, 1.165) is 11.3 Å². The second-order valence-electron chi connectivity index (χ2n) is 6.23. The topological polar surface area (TPSA) is 84.9 Å². The zero-order valence-corrected chi connectivity index (χ0v) is 13.1. The molecule has 6 heteroatoms. The molecular formula is C17H21NO5. The third-order valence-corrected chi connectivity index (χ3v) is 4.70. The summed E-state index contributed by atoms with van der Waals surface area (Å²) in [5.41, 5.74) is 0.960. The number of nitrogens with one attached hydrogen (secondary N) is 1. The average molecular weight is 319 g/mol. The summed E-state index contributed by atoms with van der Waals surface area (Å²) in [7, 11) is 0. The average Bonchev–Trinajstić information content (AvgIpc) is 3.02. The molecule has 1 atom stereocenters. The minimum absolute atomic E-state index is 0.000921. The van der Waals surface area contributed by atoms with Crippen molar-refractivity contribution in [2.75, 3.05) is 6.79 Å². The van der Waals surface area contributed by atoms with Crippen LogP contribution in [0.25, 0.3) is 0 Å². The lowest BCUT2D eigenvalue weighted by Crippen LogP contribution is -2.35. The molecule has 0 saturated heterocycles. The van der Waals surface area contributed by atoms with Crippen LogP contribution in [-0.2, 0) is 9.59 Å². The molecule has 2 aliphatic rings. The molecule has 0 bridgehead atoms. The van der Waals surface area contributed by atoms with Gasteiger partial charge in [0.25, 0.3) is 0 Å². The number of hydrogen-bond acceptors (Lipinski definition) is 4. The summed E-state index contributed by atoms with van der Waals surface area (Å²) in [5, 5.41) is 12.0. The van der Waals surface area contributed by atoms with Crippen LogP contribution in [0.4, 0.5) is 0 Å². The van der Waals surface area contributed by atoms with Crippen molar-refractivity contribution in [3.8, 4) is 11.5 Å². The molecule has 2 N–H and O–H groups in total.